The quantitative estimate of drug-likeness (QED) is 0.0774. The molecule has 4 aliphatic carbocycles. The average Bonchev–Trinajstić information content (AvgIpc) is 1.87. The molecule has 0 amide bonds. The Labute approximate surface area is 481 Å². The van der Waals surface area contributed by atoms with Gasteiger partial charge >= 0.3 is 0 Å². The van der Waals surface area contributed by atoms with Crippen molar-refractivity contribution >= 4 is 0 Å². The van der Waals surface area contributed by atoms with Gasteiger partial charge in [-0.25, -0.2) is 0 Å². The molecule has 4 saturated carbocycles. The highest BCUT2D eigenvalue weighted by Gasteiger charge is 2.72. The Morgan fingerprint density at radius 2 is 1.06 bits per heavy atom. The highest BCUT2D eigenvalue weighted by atomic mass is 16.8. The molecule has 27 heteroatoms. The van der Waals surface area contributed by atoms with Gasteiger partial charge in [0.25, 0.3) is 0 Å². The van der Waals surface area contributed by atoms with Crippen molar-refractivity contribution in [3.8, 4) is 0 Å². The molecular weight excluding hydrogens is 1100 g/mol. The zero-order valence-electron chi connectivity index (χ0n) is 47.6. The zero-order chi connectivity index (χ0) is 59.5. The fourth-order valence-electron chi connectivity index (χ4n) is 17.3. The van der Waals surface area contributed by atoms with E-state index in [-0.39, 0.29) is 40.6 Å². The summed E-state index contributed by atoms with van der Waals surface area (Å²) in [7, 11) is 0. The third-order valence-corrected chi connectivity index (χ3v) is 22.2. The van der Waals surface area contributed by atoms with Crippen LogP contribution in [0.25, 0.3) is 0 Å². The van der Waals surface area contributed by atoms with Gasteiger partial charge in [-0.1, -0.05) is 27.7 Å². The first-order valence-corrected chi connectivity index (χ1v) is 30.2. The molecule has 15 N–H and O–H groups in total. The Bertz CT molecular complexity index is 2160. The smallest absolute Gasteiger partial charge is 0.187 e. The first-order chi connectivity index (χ1) is 39.4. The number of fused-ring (bicyclic) bond motifs is 7. The van der Waals surface area contributed by atoms with E-state index in [4.69, 9.17) is 56.8 Å². The fraction of sp³-hybridized carbons (Fsp3) is 1.00. The minimum atomic E-state index is -2.10. The van der Waals surface area contributed by atoms with Gasteiger partial charge in [0.2, 0.25) is 0 Å². The topological polar surface area (TPSA) is 414 Å². The third-order valence-electron chi connectivity index (χ3n) is 22.2. The van der Waals surface area contributed by atoms with Crippen molar-refractivity contribution < 1.29 is 133 Å². The Morgan fingerprint density at radius 1 is 0.482 bits per heavy atom. The summed E-state index contributed by atoms with van der Waals surface area (Å²) < 4.78 is 73.0. The molecule has 7 aliphatic heterocycles. The molecule has 6 unspecified atom stereocenters. The van der Waals surface area contributed by atoms with Crippen molar-refractivity contribution in [3.05, 3.63) is 0 Å². The van der Waals surface area contributed by atoms with Gasteiger partial charge in [-0.15, -0.1) is 0 Å². The molecule has 27 nitrogen and oxygen atoms in total. The Morgan fingerprint density at radius 3 is 1.70 bits per heavy atom. The lowest BCUT2D eigenvalue weighted by Crippen LogP contribution is -2.68. The van der Waals surface area contributed by atoms with Crippen LogP contribution in [0.15, 0.2) is 0 Å². The van der Waals surface area contributed by atoms with Crippen molar-refractivity contribution in [1.82, 2.24) is 0 Å². The van der Waals surface area contributed by atoms with E-state index >= 15 is 0 Å². The molecule has 0 aromatic carbocycles. The molecule has 478 valence electrons. The van der Waals surface area contributed by atoms with Crippen molar-refractivity contribution in [1.29, 1.82) is 0 Å². The molecule has 0 bridgehead atoms. The van der Waals surface area contributed by atoms with Crippen molar-refractivity contribution in [3.63, 3.8) is 0 Å². The lowest BCUT2D eigenvalue weighted by molar-refractivity contribution is -0.406. The van der Waals surface area contributed by atoms with E-state index in [0.29, 0.717) is 43.6 Å². The summed E-state index contributed by atoms with van der Waals surface area (Å²) in [6.45, 7) is 7.96. The van der Waals surface area contributed by atoms with E-state index in [1.807, 2.05) is 0 Å². The van der Waals surface area contributed by atoms with E-state index in [0.717, 1.165) is 38.5 Å². The maximum absolute atomic E-state index is 12.3. The van der Waals surface area contributed by atoms with Crippen LogP contribution in [-0.2, 0) is 56.8 Å². The second-order valence-corrected chi connectivity index (χ2v) is 26.7. The number of aliphatic hydroxyl groups is 15. The number of aliphatic hydroxyl groups excluding tert-OH is 15. The van der Waals surface area contributed by atoms with E-state index in [1.165, 1.54) is 6.92 Å². The summed E-state index contributed by atoms with van der Waals surface area (Å²) in [6.07, 6.45) is -35.6. The molecular formula is C56H92O27. The normalized spacial score (nSPS) is 58.3. The number of hydrogen-bond donors (Lipinski definition) is 15. The predicted octanol–water partition coefficient (Wildman–Crippen LogP) is -4.45. The molecule has 0 aromatic heterocycles. The van der Waals surface area contributed by atoms with Gasteiger partial charge in [0.1, 0.15) is 110 Å². The minimum absolute atomic E-state index is 0.0436. The van der Waals surface area contributed by atoms with Crippen LogP contribution in [0.2, 0.25) is 0 Å². The maximum atomic E-state index is 12.3. The molecule has 37 atom stereocenters. The predicted molar refractivity (Wildman–Crippen MR) is 275 cm³/mol. The van der Waals surface area contributed by atoms with E-state index in [1.54, 1.807) is 0 Å². The van der Waals surface area contributed by atoms with Crippen molar-refractivity contribution in [2.45, 2.75) is 264 Å². The third kappa shape index (κ3) is 11.0. The number of rotatable bonds is 13. The van der Waals surface area contributed by atoms with Crippen LogP contribution in [-0.4, -0.2) is 281 Å². The average molecular weight is 1200 g/mol. The van der Waals surface area contributed by atoms with Gasteiger partial charge in [-0.2, -0.15) is 0 Å². The monoisotopic (exact) mass is 1200 g/mol. The summed E-state index contributed by atoms with van der Waals surface area (Å²) in [6, 6.07) is 0. The summed E-state index contributed by atoms with van der Waals surface area (Å²) in [4.78, 5) is 0. The lowest BCUT2D eigenvalue weighted by Gasteiger charge is -2.62. The van der Waals surface area contributed by atoms with Crippen LogP contribution in [0, 0.1) is 52.3 Å². The van der Waals surface area contributed by atoms with Crippen LogP contribution in [0.4, 0.5) is 0 Å². The summed E-state index contributed by atoms with van der Waals surface area (Å²) >= 11 is 0. The van der Waals surface area contributed by atoms with Gasteiger partial charge in [0, 0.05) is 23.7 Å². The number of ether oxygens (including phenoxy) is 12. The second kappa shape index (κ2) is 24.6. The van der Waals surface area contributed by atoms with Crippen molar-refractivity contribution in [2.24, 2.45) is 52.3 Å². The zero-order valence-corrected chi connectivity index (χ0v) is 47.6. The van der Waals surface area contributed by atoms with Gasteiger partial charge in [0.05, 0.1) is 57.5 Å². The molecule has 1 spiro atoms. The molecule has 7 saturated heterocycles. The standard InChI is InChI=1S/C56H92O27/c1-20-8-11-56(73-18-20)21(2)34-29(83-56)13-27-25-7-6-23-12-24(9-10-54(23,4)26(25)14-33(61)55(27,34)5)75-51-43(70)39(66)45(31(16-58)77-51)79-52-44(71)40(67)46(32(17-59)78-52)80-53-48(82-50-42(69)38(65)35(62)22(3)74-50)47(37(64)30(15-57)76-53)81-49-41(68)36(63)28(60)19-72-49/h20-53,57-71H,6-19H2,1-5H3/t20-,21?,22+,23+,24+,25?,26?,27?,28-,29?,30-,31-,32-,33-,34?,35+,36+,37-,38-,39-,40-,41-,42-,43-,44-,45+,46-,47+,48-,49+,50+,51-,52+,53+,54+,55-,56-/m1/s1. The maximum Gasteiger partial charge on any atom is 0.187 e. The van der Waals surface area contributed by atoms with Gasteiger partial charge in [0.15, 0.2) is 37.2 Å². The highest BCUT2D eigenvalue weighted by molar-refractivity contribution is 5.18. The first-order valence-electron chi connectivity index (χ1n) is 30.2. The minimum Gasteiger partial charge on any atom is -0.394 e. The summed E-state index contributed by atoms with van der Waals surface area (Å²) in [5, 5.41) is 166. The SMILES string of the molecule is CC1C2C(CC3C4CC[C@H]5C[C@@H](O[C@@H]6O[C@H](CO)[C@H](O[C@@H]7O[C@H](CO)[C@@H](O[C@@H]8O[C@H](CO)[C@@H](O)[C@H](O[C@@H]9OC[C@@H](O)[C@H](O)[C@H]9O)[C@H]8O[C@@H]8O[C@@H](C)[C@H](O)[C@@H](O)[C@H]8O)[C@H](O)[C@H]7O)[C@H](O)[C@H]6O)CC[C@]5(C)C4C[C@@H](O)[C@@]32C)O[C@]12CC[C@@H](C)CO2. The Hall–Kier alpha value is -1.08. The largest absolute Gasteiger partial charge is 0.394 e. The molecule has 0 aromatic rings. The first kappa shape index (κ1) is 63.5. The number of hydrogen-bond acceptors (Lipinski definition) is 27. The van der Waals surface area contributed by atoms with E-state index in [2.05, 4.69) is 27.7 Å². The van der Waals surface area contributed by atoms with Gasteiger partial charge < -0.3 is 133 Å². The molecule has 83 heavy (non-hydrogen) atoms. The highest BCUT2D eigenvalue weighted by Crippen LogP contribution is 2.71. The fourth-order valence-corrected chi connectivity index (χ4v) is 17.3. The van der Waals surface area contributed by atoms with Crippen LogP contribution < -0.4 is 0 Å². The summed E-state index contributed by atoms with van der Waals surface area (Å²) in [5.74, 6) is 1.55. The van der Waals surface area contributed by atoms with Crippen LogP contribution in [0.5, 0.6) is 0 Å². The van der Waals surface area contributed by atoms with E-state index < -0.39 is 192 Å². The molecule has 11 fully saturated rings. The lowest BCUT2D eigenvalue weighted by atomic mass is 9.43. The van der Waals surface area contributed by atoms with Crippen LogP contribution in [0.3, 0.4) is 0 Å². The molecule has 11 aliphatic rings. The van der Waals surface area contributed by atoms with Gasteiger partial charge in [-0.3, -0.25) is 0 Å². The Kier molecular flexibility index (Phi) is 18.8. The van der Waals surface area contributed by atoms with E-state index in [9.17, 15) is 76.6 Å². The van der Waals surface area contributed by atoms with Crippen LogP contribution in [0.1, 0.15) is 92.4 Å². The molecule has 7 heterocycles. The molecule has 11 rings (SSSR count). The Balaban J connectivity index is 0.733. The summed E-state index contributed by atoms with van der Waals surface area (Å²) in [5.41, 5.74) is -0.381. The second-order valence-electron chi connectivity index (χ2n) is 26.7. The molecule has 0 radical (unpaired) electrons. The van der Waals surface area contributed by atoms with Gasteiger partial charge in [-0.05, 0) is 93.3 Å². The van der Waals surface area contributed by atoms with Crippen molar-refractivity contribution in [2.75, 3.05) is 33.0 Å². The van der Waals surface area contributed by atoms with Crippen LogP contribution >= 0.6 is 0 Å².